The van der Waals surface area contributed by atoms with Crippen molar-refractivity contribution in [1.29, 1.82) is 0 Å². The summed E-state index contributed by atoms with van der Waals surface area (Å²) in [4.78, 5) is 6.20. The van der Waals surface area contributed by atoms with E-state index >= 15 is 0 Å². The summed E-state index contributed by atoms with van der Waals surface area (Å²) in [5.74, 6) is 0. The van der Waals surface area contributed by atoms with Crippen LogP contribution in [-0.2, 0) is 12.0 Å². The molecule has 3 rings (SSSR count). The van der Waals surface area contributed by atoms with Gasteiger partial charge in [0.15, 0.2) is 0 Å². The number of rotatable bonds is 3. The Kier molecular flexibility index (Phi) is 3.43. The number of aryl methyl sites for hydroxylation is 3. The summed E-state index contributed by atoms with van der Waals surface area (Å²) < 4.78 is 0. The molecule has 20 heavy (non-hydrogen) atoms. The molecule has 3 heteroatoms. The molecule has 2 aromatic rings. The fourth-order valence-corrected chi connectivity index (χ4v) is 4.30. The van der Waals surface area contributed by atoms with Gasteiger partial charge in [0.1, 0.15) is 5.01 Å². The van der Waals surface area contributed by atoms with Crippen molar-refractivity contribution < 1.29 is 0 Å². The van der Waals surface area contributed by atoms with E-state index in [1.807, 2.05) is 11.3 Å². The first-order valence-electron chi connectivity index (χ1n) is 7.33. The van der Waals surface area contributed by atoms with Gasteiger partial charge in [0.2, 0.25) is 0 Å². The average molecular weight is 286 g/mol. The second-order valence-corrected chi connectivity index (χ2v) is 7.23. The molecule has 0 saturated heterocycles. The zero-order chi connectivity index (χ0) is 14.3. The first-order valence-corrected chi connectivity index (χ1v) is 8.15. The van der Waals surface area contributed by atoms with Crippen LogP contribution in [0.15, 0.2) is 24.3 Å². The zero-order valence-electron chi connectivity index (χ0n) is 12.7. The van der Waals surface area contributed by atoms with Gasteiger partial charge in [0, 0.05) is 10.9 Å². The van der Waals surface area contributed by atoms with Crippen molar-refractivity contribution >= 4 is 11.3 Å². The van der Waals surface area contributed by atoms with E-state index in [0.29, 0.717) is 6.04 Å². The van der Waals surface area contributed by atoms with Gasteiger partial charge in [-0.25, -0.2) is 4.98 Å². The SMILES string of the molecule is Cc1nc(C2(NC(C)C)CCc3ccccc32)sc1C. The number of aromatic nitrogens is 1. The maximum atomic E-state index is 4.87. The second kappa shape index (κ2) is 4.97. The molecule has 0 saturated carbocycles. The Morgan fingerprint density at radius 1 is 1.25 bits per heavy atom. The average Bonchev–Trinajstić information content (AvgIpc) is 2.93. The Morgan fingerprint density at radius 2 is 2.00 bits per heavy atom. The van der Waals surface area contributed by atoms with Crippen molar-refractivity contribution in [3.63, 3.8) is 0 Å². The lowest BCUT2D eigenvalue weighted by Crippen LogP contribution is -2.45. The Hall–Kier alpha value is -1.19. The molecule has 0 radical (unpaired) electrons. The number of thiazole rings is 1. The lowest BCUT2D eigenvalue weighted by Gasteiger charge is -2.32. The molecule has 1 N–H and O–H groups in total. The van der Waals surface area contributed by atoms with Gasteiger partial charge in [-0.2, -0.15) is 0 Å². The van der Waals surface area contributed by atoms with E-state index in [-0.39, 0.29) is 5.54 Å². The maximum absolute atomic E-state index is 4.87. The normalized spacial score (nSPS) is 21.4. The molecule has 1 aromatic heterocycles. The highest BCUT2D eigenvalue weighted by molar-refractivity contribution is 7.11. The molecule has 0 aliphatic heterocycles. The standard InChI is InChI=1S/C17H22N2S/c1-11(2)19-17(16-18-12(3)13(4)20-16)10-9-14-7-5-6-8-15(14)17/h5-8,11,19H,9-10H2,1-4H3. The lowest BCUT2D eigenvalue weighted by atomic mass is 9.91. The predicted molar refractivity (Wildman–Crippen MR) is 85.4 cm³/mol. The summed E-state index contributed by atoms with van der Waals surface area (Å²) in [7, 11) is 0. The monoisotopic (exact) mass is 286 g/mol. The van der Waals surface area contributed by atoms with Gasteiger partial charge < -0.3 is 0 Å². The molecule has 2 nitrogen and oxygen atoms in total. The summed E-state index contributed by atoms with van der Waals surface area (Å²) in [6.45, 7) is 8.71. The van der Waals surface area contributed by atoms with Crippen molar-refractivity contribution in [3.05, 3.63) is 51.0 Å². The Balaban J connectivity index is 2.16. The van der Waals surface area contributed by atoms with Crippen LogP contribution in [0, 0.1) is 13.8 Å². The molecule has 0 bridgehead atoms. The molecular formula is C17H22N2S. The molecule has 1 aromatic carbocycles. The summed E-state index contributed by atoms with van der Waals surface area (Å²) >= 11 is 1.84. The molecule has 1 aliphatic carbocycles. The predicted octanol–water partition coefficient (Wildman–Crippen LogP) is 3.95. The quantitative estimate of drug-likeness (QED) is 0.924. The van der Waals surface area contributed by atoms with Gasteiger partial charge in [-0.15, -0.1) is 11.3 Å². The van der Waals surface area contributed by atoms with Gasteiger partial charge in [0.25, 0.3) is 0 Å². The number of nitrogens with one attached hydrogen (secondary N) is 1. The van der Waals surface area contributed by atoms with Crippen LogP contribution in [0.1, 0.15) is 47.0 Å². The van der Waals surface area contributed by atoms with E-state index in [0.717, 1.165) is 12.8 Å². The first-order chi connectivity index (χ1) is 9.53. The highest BCUT2D eigenvalue weighted by atomic mass is 32.1. The molecule has 0 spiro atoms. The summed E-state index contributed by atoms with van der Waals surface area (Å²) in [5.41, 5.74) is 3.96. The van der Waals surface area contributed by atoms with Crippen LogP contribution in [0.2, 0.25) is 0 Å². The van der Waals surface area contributed by atoms with Crippen LogP contribution in [0.5, 0.6) is 0 Å². The van der Waals surface area contributed by atoms with Gasteiger partial charge in [0.05, 0.1) is 11.2 Å². The van der Waals surface area contributed by atoms with E-state index < -0.39 is 0 Å². The Labute approximate surface area is 125 Å². The van der Waals surface area contributed by atoms with Crippen LogP contribution >= 0.6 is 11.3 Å². The van der Waals surface area contributed by atoms with Gasteiger partial charge in [-0.05, 0) is 51.7 Å². The van der Waals surface area contributed by atoms with E-state index in [1.165, 1.54) is 26.7 Å². The Bertz CT molecular complexity index is 610. The van der Waals surface area contributed by atoms with Crippen molar-refractivity contribution in [1.82, 2.24) is 10.3 Å². The van der Waals surface area contributed by atoms with E-state index in [4.69, 9.17) is 4.98 Å². The van der Waals surface area contributed by atoms with Crippen LogP contribution in [0.25, 0.3) is 0 Å². The smallest absolute Gasteiger partial charge is 0.118 e. The Morgan fingerprint density at radius 3 is 2.65 bits per heavy atom. The molecular weight excluding hydrogens is 264 g/mol. The van der Waals surface area contributed by atoms with Crippen LogP contribution in [0.4, 0.5) is 0 Å². The van der Waals surface area contributed by atoms with Gasteiger partial charge in [-0.1, -0.05) is 24.3 Å². The van der Waals surface area contributed by atoms with E-state index in [1.54, 1.807) is 0 Å². The third kappa shape index (κ3) is 2.09. The van der Waals surface area contributed by atoms with Crippen molar-refractivity contribution in [2.24, 2.45) is 0 Å². The third-order valence-electron chi connectivity index (χ3n) is 4.18. The minimum atomic E-state index is -0.0888. The maximum Gasteiger partial charge on any atom is 0.118 e. The molecule has 1 unspecified atom stereocenters. The van der Waals surface area contributed by atoms with Gasteiger partial charge in [-0.3, -0.25) is 5.32 Å². The summed E-state index contributed by atoms with van der Waals surface area (Å²) in [6.07, 6.45) is 2.24. The fraction of sp³-hybridized carbons (Fsp3) is 0.471. The lowest BCUT2D eigenvalue weighted by molar-refractivity contribution is 0.361. The largest absolute Gasteiger partial charge is 0.299 e. The summed E-state index contributed by atoms with van der Waals surface area (Å²) in [6, 6.07) is 9.25. The number of hydrogen-bond acceptors (Lipinski definition) is 3. The van der Waals surface area contributed by atoms with E-state index in [2.05, 4.69) is 57.3 Å². The number of benzene rings is 1. The van der Waals surface area contributed by atoms with Crippen LogP contribution < -0.4 is 5.32 Å². The molecule has 0 amide bonds. The minimum Gasteiger partial charge on any atom is -0.299 e. The topological polar surface area (TPSA) is 24.9 Å². The number of nitrogens with zero attached hydrogens (tertiary/aromatic N) is 1. The molecule has 1 aliphatic rings. The van der Waals surface area contributed by atoms with Gasteiger partial charge >= 0.3 is 0 Å². The highest BCUT2D eigenvalue weighted by Crippen LogP contribution is 2.44. The molecule has 0 fully saturated rings. The molecule has 1 heterocycles. The van der Waals surface area contributed by atoms with Crippen molar-refractivity contribution in [2.45, 2.75) is 52.1 Å². The fourth-order valence-electron chi connectivity index (χ4n) is 3.19. The number of hydrogen-bond donors (Lipinski definition) is 1. The minimum absolute atomic E-state index is 0.0888. The zero-order valence-corrected chi connectivity index (χ0v) is 13.5. The van der Waals surface area contributed by atoms with Crippen LogP contribution in [0.3, 0.4) is 0 Å². The summed E-state index contributed by atoms with van der Waals surface area (Å²) in [5, 5.41) is 5.04. The third-order valence-corrected chi connectivity index (χ3v) is 5.41. The van der Waals surface area contributed by atoms with Crippen molar-refractivity contribution in [2.75, 3.05) is 0 Å². The first kappa shape index (κ1) is 13.8. The molecule has 106 valence electrons. The van der Waals surface area contributed by atoms with E-state index in [9.17, 15) is 0 Å². The highest BCUT2D eigenvalue weighted by Gasteiger charge is 2.42. The number of fused-ring (bicyclic) bond motifs is 1. The molecule has 1 atom stereocenters. The second-order valence-electron chi connectivity index (χ2n) is 6.02. The van der Waals surface area contributed by atoms with Crippen molar-refractivity contribution in [3.8, 4) is 0 Å². The van der Waals surface area contributed by atoms with Crippen LogP contribution in [-0.4, -0.2) is 11.0 Å².